The number of amides is 2. The van der Waals surface area contributed by atoms with Crippen LogP contribution in [0.4, 0.5) is 43.9 Å². The Hall–Kier alpha value is -7.87. The van der Waals surface area contributed by atoms with Gasteiger partial charge in [-0.15, -0.1) is 0 Å². The standard InChI is InChI=1S/C27H29F2N7O.C25H25F2N7O.C6H15N.C3H2F6O3S/c1-5-35-12-17(13-35)26-32-24(22-14-33(3)27(37)15(2)36(22)26)18-7-6-8-21-19(18)9-20(25(28)29)23(31-21)16-10-30-34(4)11-16;1-13-25(35)32(2)12-20-22(31-24(34(13)20)14-8-28-9-14)16-5-4-6-19-17(16)7-18(23(26)27)21(30-19)15-10-29-33(3)11-15;1-4-7(5-2)6-3;4-2(5,6)1-12-13(10,11)3(7,8)9/h6-11,15,17,25H,5,12-14H2,1-4H3;4-7,10-11,13-14,23,28H,8-9,12H2,1-3H3;4-6H2,1-3H3;1H2. The van der Waals surface area contributed by atoms with Crippen LogP contribution >= 0.6 is 0 Å². The van der Waals surface area contributed by atoms with Gasteiger partial charge in [-0.05, 0) is 64.3 Å². The second kappa shape index (κ2) is 27.4. The number of rotatable bonds is 14. The number of carbonyl (C=O) groups excluding carboxylic acids is 2. The average molecular weight is 1320 g/mol. The minimum Gasteiger partial charge on any atom is -0.338 e. The Kier molecular flexibility index (Phi) is 20.4. The Balaban J connectivity index is 0.000000169. The highest BCUT2D eigenvalue weighted by Gasteiger charge is 2.49. The Morgan fingerprint density at radius 2 is 1.05 bits per heavy atom. The lowest BCUT2D eigenvalue weighted by molar-refractivity contribution is -0.156. The summed E-state index contributed by atoms with van der Waals surface area (Å²) in [5.74, 6) is 2.29. The molecular weight excluding hydrogens is 1240 g/mol. The molecule has 6 aromatic heterocycles. The third-order valence-corrected chi connectivity index (χ3v) is 17.7. The maximum atomic E-state index is 14.3. The van der Waals surface area contributed by atoms with Crippen molar-refractivity contribution in [1.29, 1.82) is 0 Å². The smallest absolute Gasteiger partial charge is 0.338 e. The number of pyridine rings is 2. The van der Waals surface area contributed by atoms with Gasteiger partial charge >= 0.3 is 21.8 Å². The van der Waals surface area contributed by atoms with E-state index in [4.69, 9.17) is 9.97 Å². The Bertz CT molecular complexity index is 4090. The largest absolute Gasteiger partial charge is 0.523 e. The van der Waals surface area contributed by atoms with Gasteiger partial charge in [0.1, 0.15) is 23.7 Å². The summed E-state index contributed by atoms with van der Waals surface area (Å²) in [5, 5.41) is 12.8. The van der Waals surface area contributed by atoms with E-state index in [9.17, 15) is 61.9 Å². The van der Waals surface area contributed by atoms with Crippen LogP contribution in [0, 0.1) is 0 Å². The lowest BCUT2D eigenvalue weighted by atomic mass is 9.98. The number of aryl methyl sites for hydroxylation is 2. The zero-order valence-corrected chi connectivity index (χ0v) is 53.0. The normalized spacial score (nSPS) is 17.3. The molecule has 92 heavy (non-hydrogen) atoms. The van der Waals surface area contributed by atoms with E-state index in [2.05, 4.69) is 71.7 Å². The molecule has 2 unspecified atom stereocenters. The molecule has 20 nitrogen and oxygen atoms in total. The number of halogens is 10. The molecule has 2 amide bonds. The predicted octanol–water partition coefficient (Wildman–Crippen LogP) is 10.8. The molecule has 8 aromatic rings. The number of aromatic nitrogens is 10. The number of carbonyl (C=O) groups is 2. The lowest BCUT2D eigenvalue weighted by Gasteiger charge is -2.39. The molecule has 2 fully saturated rings. The molecule has 4 aliphatic heterocycles. The number of alkyl halides is 10. The number of nitrogens with zero attached hydrogens (tertiary/aromatic N) is 14. The van der Waals surface area contributed by atoms with Crippen LogP contribution in [0.3, 0.4) is 0 Å². The topological polar surface area (TPSA) is 200 Å². The van der Waals surface area contributed by atoms with Crippen molar-refractivity contribution in [3.63, 3.8) is 0 Å². The third-order valence-electron chi connectivity index (χ3n) is 16.7. The van der Waals surface area contributed by atoms with Gasteiger partial charge in [0.25, 0.3) is 12.9 Å². The van der Waals surface area contributed by atoms with Crippen molar-refractivity contribution in [2.24, 2.45) is 14.1 Å². The lowest BCUT2D eigenvalue weighted by Crippen LogP contribution is -2.47. The van der Waals surface area contributed by atoms with Crippen LogP contribution in [0.1, 0.15) is 112 Å². The second-order valence-corrected chi connectivity index (χ2v) is 24.4. The molecule has 0 bridgehead atoms. The van der Waals surface area contributed by atoms with Crippen LogP contribution in [0.25, 0.3) is 66.8 Å². The minimum absolute atomic E-state index is 0.0377. The molecule has 2 saturated heterocycles. The number of nitrogens with one attached hydrogen (secondary N) is 1. The molecule has 0 saturated carbocycles. The fraction of sp³-hybridized carbons (Fsp3) is 0.475. The van der Waals surface area contributed by atoms with Crippen molar-refractivity contribution < 1.29 is 66.1 Å². The molecular formula is C61H71F10N15O5S. The SMILES string of the molecule is CC1C(=O)N(C)Cc2c(-c3cccc4nc(-c5cnn(C)c5)c(C(F)F)cc34)nc(C3CNC3)n21.CCN(CC)CC.CCN1CC(c2nc(-c3cccc4nc(-c5cnn(C)c5)c(C(F)F)cc34)c3n2C(C)C(=O)N(C)C3)C1.O=S(=O)(OCC(F)(F)F)C(F)(F)F. The number of hydrogen-bond donors (Lipinski definition) is 1. The van der Waals surface area contributed by atoms with E-state index in [0.29, 0.717) is 46.0 Å². The van der Waals surface area contributed by atoms with Crippen molar-refractivity contribution in [3.05, 3.63) is 107 Å². The van der Waals surface area contributed by atoms with Crippen LogP contribution in [-0.4, -0.2) is 173 Å². The van der Waals surface area contributed by atoms with E-state index in [0.717, 1.165) is 78.3 Å². The van der Waals surface area contributed by atoms with E-state index < -0.39 is 41.3 Å². The Labute approximate surface area is 524 Å². The number of likely N-dealkylation sites (tertiary alicyclic amines) is 1. The zero-order chi connectivity index (χ0) is 67.1. The highest BCUT2D eigenvalue weighted by Crippen LogP contribution is 2.43. The van der Waals surface area contributed by atoms with E-state index in [1.807, 2.05) is 54.8 Å². The van der Waals surface area contributed by atoms with Gasteiger partial charge in [-0.1, -0.05) is 52.0 Å². The van der Waals surface area contributed by atoms with E-state index in [1.165, 1.54) is 25.7 Å². The number of benzene rings is 2. The monoisotopic (exact) mass is 1320 g/mol. The predicted molar refractivity (Wildman–Crippen MR) is 324 cm³/mol. The van der Waals surface area contributed by atoms with E-state index in [1.54, 1.807) is 78.2 Å². The van der Waals surface area contributed by atoms with Gasteiger partial charge in [0, 0.05) is 123 Å². The summed E-state index contributed by atoms with van der Waals surface area (Å²) in [6.07, 6.45) is -4.07. The van der Waals surface area contributed by atoms with Crippen molar-refractivity contribution in [2.75, 3.05) is 73.1 Å². The summed E-state index contributed by atoms with van der Waals surface area (Å²) in [6, 6.07) is 13.6. The maximum Gasteiger partial charge on any atom is 0.523 e. The van der Waals surface area contributed by atoms with Crippen molar-refractivity contribution in [1.82, 2.24) is 73.5 Å². The minimum atomic E-state index is -6.15. The summed E-state index contributed by atoms with van der Waals surface area (Å²) in [7, 11) is 0.908. The van der Waals surface area contributed by atoms with Gasteiger partial charge in [0.15, 0.2) is 6.61 Å². The fourth-order valence-electron chi connectivity index (χ4n) is 11.7. The van der Waals surface area contributed by atoms with Gasteiger partial charge in [-0.2, -0.15) is 45.0 Å². The van der Waals surface area contributed by atoms with Gasteiger partial charge in [0.2, 0.25) is 11.8 Å². The van der Waals surface area contributed by atoms with Gasteiger partial charge in [0.05, 0.1) is 70.7 Å². The second-order valence-electron chi connectivity index (χ2n) is 22.8. The molecule has 10 heterocycles. The average Bonchev–Trinajstić information content (AvgIpc) is 1.56. The number of hydrogen-bond acceptors (Lipinski definition) is 14. The van der Waals surface area contributed by atoms with Gasteiger partial charge in [-0.25, -0.2) is 37.5 Å². The highest BCUT2D eigenvalue weighted by molar-refractivity contribution is 7.87. The first kappa shape index (κ1) is 68.5. The third kappa shape index (κ3) is 14.1. The highest BCUT2D eigenvalue weighted by atomic mass is 32.2. The number of likely N-dealkylation sites (N-methyl/N-ethyl adjacent to an activating group) is 3. The number of imidazole rings is 2. The molecule has 12 rings (SSSR count). The summed E-state index contributed by atoms with van der Waals surface area (Å²) in [4.78, 5) is 53.3. The van der Waals surface area contributed by atoms with Crippen LogP contribution < -0.4 is 5.32 Å². The van der Waals surface area contributed by atoms with Crippen LogP contribution in [0.5, 0.6) is 0 Å². The Morgan fingerprint density at radius 3 is 1.38 bits per heavy atom. The molecule has 0 radical (unpaired) electrons. The first-order valence-corrected chi connectivity index (χ1v) is 31.1. The fourth-order valence-corrected chi connectivity index (χ4v) is 12.1. The molecule has 2 atom stereocenters. The van der Waals surface area contributed by atoms with Crippen LogP contribution in [0.15, 0.2) is 73.3 Å². The van der Waals surface area contributed by atoms with Crippen molar-refractivity contribution in [2.45, 2.75) is 103 Å². The molecule has 2 aromatic carbocycles. The quantitative estimate of drug-likeness (QED) is 0.0612. The van der Waals surface area contributed by atoms with Crippen LogP contribution in [-0.2, 0) is 51.1 Å². The molecule has 496 valence electrons. The first-order valence-electron chi connectivity index (χ1n) is 29.7. The Morgan fingerprint density at radius 1 is 0.630 bits per heavy atom. The van der Waals surface area contributed by atoms with E-state index >= 15 is 0 Å². The number of fused-ring (bicyclic) bond motifs is 4. The molecule has 1 N–H and O–H groups in total. The zero-order valence-electron chi connectivity index (χ0n) is 52.2. The molecule has 31 heteroatoms. The van der Waals surface area contributed by atoms with Crippen LogP contribution in [0.2, 0.25) is 0 Å². The molecule has 0 spiro atoms. The van der Waals surface area contributed by atoms with Gasteiger partial charge in [-0.3, -0.25) is 23.1 Å². The molecule has 0 aliphatic carbocycles. The van der Waals surface area contributed by atoms with Crippen molar-refractivity contribution in [3.8, 4) is 45.0 Å². The van der Waals surface area contributed by atoms with E-state index in [-0.39, 0.29) is 58.2 Å². The summed E-state index contributed by atoms with van der Waals surface area (Å²) in [6.45, 7) is 18.7. The summed E-state index contributed by atoms with van der Waals surface area (Å²) in [5.41, 5.74) is 1.45. The van der Waals surface area contributed by atoms with Crippen molar-refractivity contribution >= 4 is 43.7 Å². The van der Waals surface area contributed by atoms with Gasteiger partial charge < -0.3 is 34.1 Å². The summed E-state index contributed by atoms with van der Waals surface area (Å²) < 4.78 is 154. The molecule has 4 aliphatic rings. The summed E-state index contributed by atoms with van der Waals surface area (Å²) >= 11 is 0. The maximum absolute atomic E-state index is 14.3. The first-order chi connectivity index (χ1) is 43.4.